The normalized spacial score (nSPS) is 16.1. The molecule has 7 nitrogen and oxygen atoms in total. The summed E-state index contributed by atoms with van der Waals surface area (Å²) in [6.45, 7) is 4.21. The Kier molecular flexibility index (Phi) is 5.19. The van der Waals surface area contributed by atoms with Gasteiger partial charge in [0.15, 0.2) is 0 Å². The quantitative estimate of drug-likeness (QED) is 0.883. The van der Waals surface area contributed by atoms with Crippen LogP contribution in [0, 0.1) is 6.92 Å². The van der Waals surface area contributed by atoms with Crippen LogP contribution in [-0.2, 0) is 11.8 Å². The van der Waals surface area contributed by atoms with Crippen molar-refractivity contribution in [1.82, 2.24) is 24.9 Å². The minimum Gasteiger partial charge on any atom is -0.337 e. The van der Waals surface area contributed by atoms with E-state index in [0.717, 1.165) is 15.3 Å². The first kappa shape index (κ1) is 17.6. The van der Waals surface area contributed by atoms with Crippen molar-refractivity contribution in [2.75, 3.05) is 33.2 Å². The number of piperazine rings is 1. The van der Waals surface area contributed by atoms with Gasteiger partial charge in [0.1, 0.15) is 6.04 Å². The molecule has 0 aromatic carbocycles. The minimum atomic E-state index is -0.407. The molecule has 1 saturated heterocycles. The van der Waals surface area contributed by atoms with Gasteiger partial charge in [-0.1, -0.05) is 0 Å². The van der Waals surface area contributed by atoms with Crippen molar-refractivity contribution in [2.45, 2.75) is 13.0 Å². The number of rotatable bonds is 4. The Morgan fingerprint density at radius 2 is 1.88 bits per heavy atom. The van der Waals surface area contributed by atoms with Gasteiger partial charge in [-0.05, 0) is 26.1 Å². The van der Waals surface area contributed by atoms with Crippen molar-refractivity contribution >= 4 is 23.2 Å². The Bertz CT molecular complexity index is 761. The Labute approximate surface area is 151 Å². The molecule has 1 unspecified atom stereocenters. The predicted octanol–water partition coefficient (Wildman–Crippen LogP) is 1.04. The van der Waals surface area contributed by atoms with Gasteiger partial charge in [0.2, 0.25) is 5.91 Å². The highest BCUT2D eigenvalue weighted by molar-refractivity contribution is 7.13. The predicted molar refractivity (Wildman–Crippen MR) is 96.5 cm³/mol. The molecule has 0 bridgehead atoms. The van der Waals surface area contributed by atoms with Crippen LogP contribution in [0.1, 0.15) is 26.2 Å². The first-order valence-corrected chi connectivity index (χ1v) is 9.11. The van der Waals surface area contributed by atoms with Crippen LogP contribution in [0.2, 0.25) is 0 Å². The summed E-state index contributed by atoms with van der Waals surface area (Å²) in [5, 5.41) is 7.21. The lowest BCUT2D eigenvalue weighted by atomic mass is 10.1. The highest BCUT2D eigenvalue weighted by atomic mass is 32.1. The summed E-state index contributed by atoms with van der Waals surface area (Å²) in [6, 6.07) is 3.43. The van der Waals surface area contributed by atoms with Gasteiger partial charge in [0.05, 0.1) is 11.1 Å². The monoisotopic (exact) mass is 361 g/mol. The van der Waals surface area contributed by atoms with E-state index in [1.54, 1.807) is 17.9 Å². The van der Waals surface area contributed by atoms with Gasteiger partial charge in [0, 0.05) is 49.9 Å². The third-order valence-electron chi connectivity index (χ3n) is 4.42. The molecule has 3 rings (SSSR count). The van der Waals surface area contributed by atoms with Crippen molar-refractivity contribution in [3.63, 3.8) is 0 Å². The summed E-state index contributed by atoms with van der Waals surface area (Å²) < 4.78 is 1.69. The van der Waals surface area contributed by atoms with E-state index >= 15 is 0 Å². The number of likely N-dealkylation sites (N-methyl/N-ethyl adjacent to an activating group) is 1. The van der Waals surface area contributed by atoms with E-state index in [2.05, 4.69) is 10.4 Å². The summed E-state index contributed by atoms with van der Waals surface area (Å²) >= 11 is 1.51. The average Bonchev–Trinajstić information content (AvgIpc) is 3.23. The van der Waals surface area contributed by atoms with Gasteiger partial charge >= 0.3 is 0 Å². The molecular formula is C17H23N5O2S. The van der Waals surface area contributed by atoms with E-state index in [9.17, 15) is 9.59 Å². The van der Waals surface area contributed by atoms with E-state index in [0.29, 0.717) is 26.2 Å². The van der Waals surface area contributed by atoms with Crippen molar-refractivity contribution in [1.29, 1.82) is 0 Å². The lowest BCUT2D eigenvalue weighted by Crippen LogP contribution is -2.52. The zero-order chi connectivity index (χ0) is 18.0. The first-order chi connectivity index (χ1) is 12.0. The van der Waals surface area contributed by atoms with Crippen LogP contribution in [0.15, 0.2) is 24.5 Å². The van der Waals surface area contributed by atoms with E-state index in [-0.39, 0.29) is 11.8 Å². The van der Waals surface area contributed by atoms with Crippen LogP contribution in [0.25, 0.3) is 0 Å². The second-order valence-corrected chi connectivity index (χ2v) is 7.48. The Hall–Kier alpha value is -2.19. The molecule has 0 spiro atoms. The van der Waals surface area contributed by atoms with Gasteiger partial charge < -0.3 is 15.1 Å². The molecule has 0 radical (unpaired) electrons. The van der Waals surface area contributed by atoms with Gasteiger partial charge in [-0.2, -0.15) is 5.10 Å². The lowest BCUT2D eigenvalue weighted by molar-refractivity contribution is -0.135. The fraction of sp³-hybridized carbons (Fsp3) is 0.471. The number of nitrogens with zero attached hydrogens (tertiary/aromatic N) is 4. The highest BCUT2D eigenvalue weighted by Crippen LogP contribution is 2.20. The van der Waals surface area contributed by atoms with Crippen LogP contribution in [0.5, 0.6) is 0 Å². The van der Waals surface area contributed by atoms with Gasteiger partial charge in [0.25, 0.3) is 5.91 Å². The summed E-state index contributed by atoms with van der Waals surface area (Å²) in [4.78, 5) is 30.9. The topological polar surface area (TPSA) is 70.5 Å². The molecule has 1 fully saturated rings. The molecule has 25 heavy (non-hydrogen) atoms. The highest BCUT2D eigenvalue weighted by Gasteiger charge is 2.30. The Balaban J connectivity index is 1.61. The second kappa shape index (κ2) is 7.37. The van der Waals surface area contributed by atoms with Gasteiger partial charge in [-0.25, -0.2) is 0 Å². The smallest absolute Gasteiger partial charge is 0.264 e. The third kappa shape index (κ3) is 3.74. The van der Waals surface area contributed by atoms with Crippen molar-refractivity contribution < 1.29 is 9.59 Å². The number of amides is 2. The molecule has 2 aromatic rings. The molecule has 1 aliphatic heterocycles. The fourth-order valence-electron chi connectivity index (χ4n) is 3.04. The van der Waals surface area contributed by atoms with Crippen molar-refractivity contribution in [3.05, 3.63) is 39.8 Å². The van der Waals surface area contributed by atoms with E-state index < -0.39 is 6.04 Å². The molecular weight excluding hydrogens is 338 g/mol. The van der Waals surface area contributed by atoms with Crippen LogP contribution in [0.3, 0.4) is 0 Å². The fourth-order valence-corrected chi connectivity index (χ4v) is 3.88. The number of carbonyl (C=O) groups is 2. The number of aromatic nitrogens is 2. The minimum absolute atomic E-state index is 0.0227. The number of hydrogen-bond acceptors (Lipinski definition) is 5. The van der Waals surface area contributed by atoms with Crippen LogP contribution in [-0.4, -0.2) is 64.6 Å². The van der Waals surface area contributed by atoms with Gasteiger partial charge in [-0.15, -0.1) is 11.3 Å². The molecule has 0 aliphatic carbocycles. The van der Waals surface area contributed by atoms with Crippen molar-refractivity contribution in [2.24, 2.45) is 7.05 Å². The number of nitrogens with one attached hydrogen (secondary N) is 1. The molecule has 2 amide bonds. The number of hydrogen-bond donors (Lipinski definition) is 1. The Morgan fingerprint density at radius 1 is 1.20 bits per heavy atom. The molecule has 1 atom stereocenters. The molecule has 8 heteroatoms. The molecule has 134 valence electrons. The molecule has 3 heterocycles. The molecule has 0 saturated carbocycles. The maximum atomic E-state index is 12.8. The largest absolute Gasteiger partial charge is 0.337 e. The first-order valence-electron chi connectivity index (χ1n) is 8.30. The van der Waals surface area contributed by atoms with Crippen LogP contribution >= 0.6 is 11.3 Å². The lowest BCUT2D eigenvalue weighted by Gasteiger charge is -2.36. The molecule has 1 aliphatic rings. The van der Waals surface area contributed by atoms with E-state index in [4.69, 9.17) is 0 Å². The zero-order valence-electron chi connectivity index (χ0n) is 14.7. The standard InChI is InChI=1S/C17H23N5O2S/c1-12-4-5-14(25-12)16(23)21-6-8-22(9-7-21)17(24)15(18-2)13-10-19-20(3)11-13/h4-5,10-11,15,18H,6-9H2,1-3H3. The summed E-state index contributed by atoms with van der Waals surface area (Å²) in [5.74, 6) is 0.0807. The van der Waals surface area contributed by atoms with Gasteiger partial charge in [-0.3, -0.25) is 14.3 Å². The Morgan fingerprint density at radius 3 is 2.40 bits per heavy atom. The summed E-state index contributed by atoms with van der Waals surface area (Å²) in [6.07, 6.45) is 3.55. The maximum Gasteiger partial charge on any atom is 0.264 e. The number of aryl methyl sites for hydroxylation is 2. The van der Waals surface area contributed by atoms with E-state index in [1.165, 1.54) is 11.3 Å². The average molecular weight is 361 g/mol. The second-order valence-electron chi connectivity index (χ2n) is 6.20. The summed E-state index contributed by atoms with van der Waals surface area (Å²) in [7, 11) is 3.60. The van der Waals surface area contributed by atoms with Crippen LogP contribution < -0.4 is 5.32 Å². The maximum absolute atomic E-state index is 12.8. The van der Waals surface area contributed by atoms with E-state index in [1.807, 2.05) is 42.1 Å². The third-order valence-corrected chi connectivity index (χ3v) is 5.41. The molecule has 2 aromatic heterocycles. The summed E-state index contributed by atoms with van der Waals surface area (Å²) in [5.41, 5.74) is 0.850. The molecule has 1 N–H and O–H groups in total. The van der Waals surface area contributed by atoms with Crippen molar-refractivity contribution in [3.8, 4) is 0 Å². The number of carbonyl (C=O) groups excluding carboxylic acids is 2. The zero-order valence-corrected chi connectivity index (χ0v) is 15.5. The SMILES string of the molecule is CNC(C(=O)N1CCN(C(=O)c2ccc(C)s2)CC1)c1cnn(C)c1. The van der Waals surface area contributed by atoms with Crippen LogP contribution in [0.4, 0.5) is 0 Å². The number of thiophene rings is 1.